The highest BCUT2D eigenvalue weighted by Gasteiger charge is 2.37. The van der Waals surface area contributed by atoms with Crippen molar-refractivity contribution in [3.05, 3.63) is 35.9 Å². The number of imide groups is 1. The molecule has 1 aliphatic heterocycles. The predicted octanol–water partition coefficient (Wildman–Crippen LogP) is 1.70. The largest absolute Gasteiger partial charge is 0.396 e. The Labute approximate surface area is 125 Å². The summed E-state index contributed by atoms with van der Waals surface area (Å²) in [5.74, 6) is -0.133. The maximum Gasteiger partial charge on any atom is 0.324 e. The molecule has 2 rings (SSSR count). The molecule has 1 unspecified atom stereocenters. The van der Waals surface area contributed by atoms with Gasteiger partial charge in [0, 0.05) is 19.6 Å². The molecule has 0 bridgehead atoms. The molecule has 1 aromatic rings. The van der Waals surface area contributed by atoms with Crippen LogP contribution in [0.3, 0.4) is 0 Å². The summed E-state index contributed by atoms with van der Waals surface area (Å²) >= 11 is 0. The van der Waals surface area contributed by atoms with Crippen LogP contribution in [0, 0.1) is 0 Å². The van der Waals surface area contributed by atoms with E-state index in [0.29, 0.717) is 13.0 Å². The van der Waals surface area contributed by atoms with Crippen molar-refractivity contribution in [3.63, 3.8) is 0 Å². The maximum absolute atomic E-state index is 12.2. The van der Waals surface area contributed by atoms with Gasteiger partial charge < -0.3 is 10.4 Å². The number of unbranched alkanes of at least 4 members (excludes halogenated alkanes) is 3. The van der Waals surface area contributed by atoms with Gasteiger partial charge in [-0.1, -0.05) is 43.2 Å². The molecule has 2 N–H and O–H groups in total. The highest BCUT2D eigenvalue weighted by atomic mass is 16.3. The van der Waals surface area contributed by atoms with Crippen LogP contribution in [0.25, 0.3) is 0 Å². The second-order valence-corrected chi connectivity index (χ2v) is 5.32. The van der Waals surface area contributed by atoms with Crippen molar-refractivity contribution in [2.75, 3.05) is 13.2 Å². The molecule has 1 aromatic carbocycles. The molecular weight excluding hydrogens is 268 g/mol. The first-order valence-corrected chi connectivity index (χ1v) is 7.49. The molecule has 1 aliphatic rings. The van der Waals surface area contributed by atoms with E-state index in [9.17, 15) is 9.59 Å². The van der Waals surface area contributed by atoms with Crippen LogP contribution in [0.5, 0.6) is 0 Å². The number of aliphatic hydroxyl groups excluding tert-OH is 1. The van der Waals surface area contributed by atoms with Gasteiger partial charge in [-0.25, -0.2) is 4.79 Å². The smallest absolute Gasteiger partial charge is 0.324 e. The molecule has 0 radical (unpaired) electrons. The number of aliphatic hydroxyl groups is 1. The number of nitrogens with one attached hydrogen (secondary N) is 1. The quantitative estimate of drug-likeness (QED) is 0.565. The second kappa shape index (κ2) is 7.78. The monoisotopic (exact) mass is 290 g/mol. The average Bonchev–Trinajstić information content (AvgIpc) is 2.75. The number of amides is 3. The summed E-state index contributed by atoms with van der Waals surface area (Å²) in [5, 5.41) is 11.5. The fourth-order valence-corrected chi connectivity index (χ4v) is 2.51. The summed E-state index contributed by atoms with van der Waals surface area (Å²) in [6.45, 7) is 0.656. The summed E-state index contributed by atoms with van der Waals surface area (Å²) in [4.78, 5) is 25.4. The predicted molar refractivity (Wildman–Crippen MR) is 79.7 cm³/mol. The van der Waals surface area contributed by atoms with Crippen LogP contribution < -0.4 is 5.32 Å². The van der Waals surface area contributed by atoms with E-state index in [2.05, 4.69) is 5.32 Å². The minimum absolute atomic E-state index is 0.133. The third kappa shape index (κ3) is 4.29. The molecule has 0 saturated carbocycles. The average molecular weight is 290 g/mol. The molecule has 5 nitrogen and oxygen atoms in total. The lowest BCUT2D eigenvalue weighted by molar-refractivity contribution is -0.127. The van der Waals surface area contributed by atoms with E-state index in [4.69, 9.17) is 5.11 Å². The van der Waals surface area contributed by atoms with Gasteiger partial charge in [-0.15, -0.1) is 0 Å². The van der Waals surface area contributed by atoms with Crippen molar-refractivity contribution in [2.24, 2.45) is 0 Å². The van der Waals surface area contributed by atoms with Crippen molar-refractivity contribution < 1.29 is 14.7 Å². The standard InChI is InChI=1S/C16H22N2O3/c19-11-7-2-1-6-10-18-15(20)14(17-16(18)21)12-13-8-4-3-5-9-13/h3-5,8-9,14,19H,1-2,6-7,10-12H2,(H,17,21). The summed E-state index contributed by atoms with van der Waals surface area (Å²) in [7, 11) is 0. The Morgan fingerprint density at radius 2 is 1.76 bits per heavy atom. The molecule has 0 aliphatic carbocycles. The molecular formula is C16H22N2O3. The first-order valence-electron chi connectivity index (χ1n) is 7.49. The lowest BCUT2D eigenvalue weighted by Gasteiger charge is -2.12. The SMILES string of the molecule is O=C1NC(Cc2ccccc2)C(=O)N1CCCCCCO. The van der Waals surface area contributed by atoms with E-state index in [0.717, 1.165) is 31.2 Å². The number of urea groups is 1. The van der Waals surface area contributed by atoms with Crippen molar-refractivity contribution in [2.45, 2.75) is 38.1 Å². The molecule has 21 heavy (non-hydrogen) atoms. The number of hydrogen-bond acceptors (Lipinski definition) is 3. The first kappa shape index (κ1) is 15.5. The third-order valence-corrected chi connectivity index (χ3v) is 3.68. The fourth-order valence-electron chi connectivity index (χ4n) is 2.51. The van der Waals surface area contributed by atoms with E-state index in [1.165, 1.54) is 4.90 Å². The summed E-state index contributed by atoms with van der Waals surface area (Å²) in [5.41, 5.74) is 1.04. The van der Waals surface area contributed by atoms with E-state index in [1.807, 2.05) is 30.3 Å². The van der Waals surface area contributed by atoms with E-state index in [-0.39, 0.29) is 18.5 Å². The van der Waals surface area contributed by atoms with E-state index < -0.39 is 6.04 Å². The Kier molecular flexibility index (Phi) is 5.75. The van der Waals surface area contributed by atoms with Gasteiger partial charge in [-0.3, -0.25) is 9.69 Å². The van der Waals surface area contributed by atoms with E-state index in [1.54, 1.807) is 0 Å². The van der Waals surface area contributed by atoms with Crippen LogP contribution in [0.4, 0.5) is 4.79 Å². The van der Waals surface area contributed by atoms with Gasteiger partial charge in [0.25, 0.3) is 5.91 Å². The second-order valence-electron chi connectivity index (χ2n) is 5.32. The van der Waals surface area contributed by atoms with Crippen LogP contribution in [0.15, 0.2) is 30.3 Å². The molecule has 0 spiro atoms. The van der Waals surface area contributed by atoms with Gasteiger partial charge in [0.2, 0.25) is 0 Å². The number of rotatable bonds is 8. The number of carbonyl (C=O) groups excluding carboxylic acids is 2. The zero-order valence-electron chi connectivity index (χ0n) is 12.1. The highest BCUT2D eigenvalue weighted by molar-refractivity contribution is 6.04. The van der Waals surface area contributed by atoms with Crippen molar-refractivity contribution in [3.8, 4) is 0 Å². The normalized spacial score (nSPS) is 18.1. The van der Waals surface area contributed by atoms with Gasteiger partial charge in [-0.2, -0.15) is 0 Å². The van der Waals surface area contributed by atoms with Crippen molar-refractivity contribution in [1.82, 2.24) is 10.2 Å². The van der Waals surface area contributed by atoms with Crippen LogP contribution in [0.2, 0.25) is 0 Å². The molecule has 1 fully saturated rings. The van der Waals surface area contributed by atoms with Crippen molar-refractivity contribution in [1.29, 1.82) is 0 Å². The maximum atomic E-state index is 12.2. The molecule has 5 heteroatoms. The summed E-state index contributed by atoms with van der Waals surface area (Å²) in [6, 6.07) is 8.95. The van der Waals surface area contributed by atoms with Gasteiger partial charge in [0.05, 0.1) is 0 Å². The Morgan fingerprint density at radius 3 is 2.48 bits per heavy atom. The molecule has 1 saturated heterocycles. The number of carbonyl (C=O) groups is 2. The van der Waals surface area contributed by atoms with E-state index >= 15 is 0 Å². The molecule has 0 aromatic heterocycles. The van der Waals surface area contributed by atoms with Gasteiger partial charge in [-0.05, 0) is 18.4 Å². The molecule has 114 valence electrons. The van der Waals surface area contributed by atoms with Crippen LogP contribution >= 0.6 is 0 Å². The Balaban J connectivity index is 1.82. The van der Waals surface area contributed by atoms with Crippen LogP contribution in [0.1, 0.15) is 31.2 Å². The minimum Gasteiger partial charge on any atom is -0.396 e. The lowest BCUT2D eigenvalue weighted by atomic mass is 10.1. The molecule has 1 heterocycles. The zero-order valence-corrected chi connectivity index (χ0v) is 12.1. The Hall–Kier alpha value is -1.88. The summed E-state index contributed by atoms with van der Waals surface area (Å²) in [6.07, 6.45) is 3.94. The van der Waals surface area contributed by atoms with Crippen LogP contribution in [-0.4, -0.2) is 41.1 Å². The molecule has 3 amide bonds. The molecule has 1 atom stereocenters. The minimum atomic E-state index is -0.447. The highest BCUT2D eigenvalue weighted by Crippen LogP contribution is 2.13. The van der Waals surface area contributed by atoms with Crippen molar-refractivity contribution >= 4 is 11.9 Å². The number of nitrogens with zero attached hydrogens (tertiary/aromatic N) is 1. The topological polar surface area (TPSA) is 69.6 Å². The first-order chi connectivity index (χ1) is 10.2. The Bertz CT molecular complexity index is 476. The zero-order chi connectivity index (χ0) is 15.1. The number of hydrogen-bond donors (Lipinski definition) is 2. The summed E-state index contributed by atoms with van der Waals surface area (Å²) < 4.78 is 0. The fraction of sp³-hybridized carbons (Fsp3) is 0.500. The lowest BCUT2D eigenvalue weighted by Crippen LogP contribution is -2.33. The number of benzene rings is 1. The van der Waals surface area contributed by atoms with Gasteiger partial charge in [0.1, 0.15) is 6.04 Å². The van der Waals surface area contributed by atoms with Gasteiger partial charge in [0.15, 0.2) is 0 Å². The van der Waals surface area contributed by atoms with Gasteiger partial charge >= 0.3 is 6.03 Å². The van der Waals surface area contributed by atoms with Crippen LogP contribution in [-0.2, 0) is 11.2 Å². The Morgan fingerprint density at radius 1 is 1.05 bits per heavy atom. The third-order valence-electron chi connectivity index (χ3n) is 3.68.